The number of piperidine rings is 1. The number of nitrogens with one attached hydrogen (secondary N) is 2. The van der Waals surface area contributed by atoms with E-state index in [2.05, 4.69) is 27.4 Å². The number of hydrogen-bond donors (Lipinski definition) is 3. The molecule has 0 unspecified atom stereocenters. The number of esters is 2. The largest absolute Gasteiger partial charge is 0.491 e. The number of carbonyl (C=O) groups excluding carboxylic acids is 2. The van der Waals surface area contributed by atoms with Gasteiger partial charge < -0.3 is 10.1 Å². The highest BCUT2D eigenvalue weighted by atomic mass is 32.2. The van der Waals surface area contributed by atoms with Gasteiger partial charge in [0.25, 0.3) is 0 Å². The van der Waals surface area contributed by atoms with Crippen LogP contribution in [0.1, 0.15) is 12.8 Å². The maximum Gasteiger partial charge on any atom is 0.491 e. The molecular formula is C16H19F3N2O5S2. The summed E-state index contributed by atoms with van der Waals surface area (Å²) in [6, 6.07) is 5.29. The quantitative estimate of drug-likeness (QED) is 0.350. The van der Waals surface area contributed by atoms with Crippen LogP contribution in [0.2, 0.25) is 0 Å². The number of carbonyl (C=O) groups is 2. The monoisotopic (exact) mass is 440 g/mol. The minimum absolute atomic E-state index is 0.00797. The van der Waals surface area contributed by atoms with Crippen LogP contribution in [0.15, 0.2) is 35.2 Å². The predicted octanol–water partition coefficient (Wildman–Crippen LogP) is 1.27. The van der Waals surface area contributed by atoms with E-state index in [1.54, 1.807) is 6.07 Å². The number of alkyl halides is 3. The van der Waals surface area contributed by atoms with Gasteiger partial charge in [-0.15, -0.1) is 0 Å². The molecule has 1 heterocycles. The number of sulfonamides is 1. The Balaban J connectivity index is 2.38. The summed E-state index contributed by atoms with van der Waals surface area (Å²) in [5.74, 6) is -4.33. The molecule has 12 heteroatoms. The third-order valence-corrected chi connectivity index (χ3v) is 6.58. The predicted molar refractivity (Wildman–Crippen MR) is 96.1 cm³/mol. The lowest BCUT2D eigenvalue weighted by Crippen LogP contribution is -2.58. The Morgan fingerprint density at radius 1 is 1.21 bits per heavy atom. The summed E-state index contributed by atoms with van der Waals surface area (Å²) in [5.41, 5.74) is -1.13. The number of thiol groups is 1. The molecule has 28 heavy (non-hydrogen) atoms. The van der Waals surface area contributed by atoms with Crippen molar-refractivity contribution in [3.8, 4) is 0 Å². The zero-order valence-corrected chi connectivity index (χ0v) is 16.2. The Hall–Kier alpha value is -1.63. The molecule has 156 valence electrons. The number of halogens is 3. The minimum Gasteiger partial charge on any atom is -0.385 e. The molecule has 0 amide bonds. The van der Waals surface area contributed by atoms with Crippen molar-refractivity contribution in [3.05, 3.63) is 30.3 Å². The normalized spacial score (nSPS) is 18.3. The van der Waals surface area contributed by atoms with Crippen LogP contribution in [0.3, 0.4) is 0 Å². The van der Waals surface area contributed by atoms with Crippen LogP contribution in [-0.4, -0.2) is 51.4 Å². The second-order valence-electron chi connectivity index (χ2n) is 6.34. The van der Waals surface area contributed by atoms with Crippen LogP contribution in [0.5, 0.6) is 0 Å². The van der Waals surface area contributed by atoms with E-state index in [1.807, 2.05) is 0 Å². The van der Waals surface area contributed by atoms with E-state index in [1.165, 1.54) is 24.3 Å². The molecular weight excluding hydrogens is 421 g/mol. The van der Waals surface area contributed by atoms with Crippen molar-refractivity contribution in [2.45, 2.75) is 30.0 Å². The first-order valence-electron chi connectivity index (χ1n) is 8.24. The SMILES string of the molecule is O=C(OC(=O)C(F)(F)F)[C@@H](NS(=O)(=O)c1ccccc1)C1(CS)CCNCC1. The molecule has 1 saturated heterocycles. The Bertz CT molecular complexity index is 809. The van der Waals surface area contributed by atoms with Crippen LogP contribution in [0, 0.1) is 5.41 Å². The van der Waals surface area contributed by atoms with Crippen molar-refractivity contribution >= 4 is 34.6 Å². The summed E-state index contributed by atoms with van der Waals surface area (Å²) in [5, 5.41) is 3.02. The van der Waals surface area contributed by atoms with Crippen molar-refractivity contribution < 1.29 is 35.9 Å². The third-order valence-electron chi connectivity index (χ3n) is 4.51. The fraction of sp³-hybridized carbons (Fsp3) is 0.500. The van der Waals surface area contributed by atoms with Gasteiger partial charge in [0, 0.05) is 5.41 Å². The summed E-state index contributed by atoms with van der Waals surface area (Å²) in [4.78, 5) is 23.4. The molecule has 1 aliphatic rings. The summed E-state index contributed by atoms with van der Waals surface area (Å²) in [6.45, 7) is 0.787. The average molecular weight is 440 g/mol. The Morgan fingerprint density at radius 2 is 1.79 bits per heavy atom. The molecule has 0 bridgehead atoms. The molecule has 2 N–H and O–H groups in total. The standard InChI is InChI=1S/C16H19F3N2O5S2/c17-16(18,19)14(23)26-13(22)12(15(10-27)6-8-20-9-7-15)21-28(24,25)11-4-2-1-3-5-11/h1-5,12,20-21,27H,6-10H2/t12-/m1/s1. The van der Waals surface area contributed by atoms with Gasteiger partial charge in [0.15, 0.2) is 0 Å². The van der Waals surface area contributed by atoms with Crippen molar-refractivity contribution in [2.24, 2.45) is 5.41 Å². The van der Waals surface area contributed by atoms with E-state index < -0.39 is 39.6 Å². The third kappa shape index (κ3) is 5.25. The van der Waals surface area contributed by atoms with Crippen LogP contribution in [-0.2, 0) is 24.3 Å². The maximum atomic E-state index is 12.7. The maximum absolute atomic E-state index is 12.7. The van der Waals surface area contributed by atoms with Gasteiger partial charge in [0.1, 0.15) is 6.04 Å². The molecule has 7 nitrogen and oxygen atoms in total. The minimum atomic E-state index is -5.39. The van der Waals surface area contributed by atoms with Gasteiger partial charge in [0.2, 0.25) is 10.0 Å². The Morgan fingerprint density at radius 3 is 2.29 bits per heavy atom. The van der Waals surface area contributed by atoms with Gasteiger partial charge in [0.05, 0.1) is 4.90 Å². The van der Waals surface area contributed by atoms with E-state index in [0.29, 0.717) is 13.1 Å². The van der Waals surface area contributed by atoms with E-state index in [9.17, 15) is 31.2 Å². The summed E-state index contributed by atoms with van der Waals surface area (Å²) >= 11 is 4.19. The fourth-order valence-electron chi connectivity index (χ4n) is 2.92. The lowest BCUT2D eigenvalue weighted by Gasteiger charge is -2.41. The van der Waals surface area contributed by atoms with Crippen LogP contribution in [0.25, 0.3) is 0 Å². The van der Waals surface area contributed by atoms with Crippen molar-refractivity contribution in [2.75, 3.05) is 18.8 Å². The molecule has 0 aliphatic carbocycles. The summed E-state index contributed by atoms with van der Waals surface area (Å²) < 4.78 is 68.9. The highest BCUT2D eigenvalue weighted by molar-refractivity contribution is 7.89. The first-order valence-corrected chi connectivity index (χ1v) is 10.4. The van der Waals surface area contributed by atoms with Gasteiger partial charge in [-0.1, -0.05) is 18.2 Å². The van der Waals surface area contributed by atoms with E-state index in [4.69, 9.17) is 0 Å². The van der Waals surface area contributed by atoms with Crippen LogP contribution in [0.4, 0.5) is 13.2 Å². The smallest absolute Gasteiger partial charge is 0.385 e. The van der Waals surface area contributed by atoms with Gasteiger partial charge in [-0.05, 0) is 43.8 Å². The number of ether oxygens (including phenoxy) is 1. The van der Waals surface area contributed by atoms with E-state index in [0.717, 1.165) is 0 Å². The molecule has 0 radical (unpaired) electrons. The molecule has 1 aromatic rings. The highest BCUT2D eigenvalue weighted by Gasteiger charge is 2.49. The Labute approximate surface area is 165 Å². The van der Waals surface area contributed by atoms with Crippen molar-refractivity contribution in [1.82, 2.24) is 10.0 Å². The second kappa shape index (κ2) is 8.80. The lowest BCUT2D eigenvalue weighted by molar-refractivity contribution is -0.203. The molecule has 1 atom stereocenters. The van der Waals surface area contributed by atoms with Gasteiger partial charge in [-0.2, -0.15) is 30.5 Å². The zero-order valence-electron chi connectivity index (χ0n) is 14.5. The number of hydrogen-bond acceptors (Lipinski definition) is 7. The molecule has 2 rings (SSSR count). The van der Waals surface area contributed by atoms with Crippen molar-refractivity contribution in [1.29, 1.82) is 0 Å². The fourth-order valence-corrected chi connectivity index (χ4v) is 4.72. The number of benzene rings is 1. The van der Waals surface area contributed by atoms with E-state index in [-0.39, 0.29) is 23.5 Å². The van der Waals surface area contributed by atoms with E-state index >= 15 is 0 Å². The molecule has 1 fully saturated rings. The number of rotatable bonds is 6. The first-order chi connectivity index (χ1) is 13.0. The average Bonchev–Trinajstić information content (AvgIpc) is 2.66. The summed E-state index contributed by atoms with van der Waals surface area (Å²) in [6.07, 6.45) is -4.90. The lowest BCUT2D eigenvalue weighted by atomic mass is 9.74. The van der Waals surface area contributed by atoms with Crippen molar-refractivity contribution in [3.63, 3.8) is 0 Å². The Kier molecular flexibility index (Phi) is 7.12. The van der Waals surface area contributed by atoms with Gasteiger partial charge in [-0.25, -0.2) is 18.0 Å². The highest BCUT2D eigenvalue weighted by Crippen LogP contribution is 2.36. The topological polar surface area (TPSA) is 102 Å². The molecule has 0 saturated carbocycles. The zero-order chi connectivity index (χ0) is 21.0. The molecule has 1 aliphatic heterocycles. The molecule has 1 aromatic carbocycles. The molecule has 0 spiro atoms. The summed E-state index contributed by atoms with van der Waals surface area (Å²) in [7, 11) is -4.27. The first kappa shape index (κ1) is 22.7. The van der Waals surface area contributed by atoms with Crippen LogP contribution >= 0.6 is 12.6 Å². The van der Waals surface area contributed by atoms with Gasteiger partial charge in [-0.3, -0.25) is 0 Å². The van der Waals surface area contributed by atoms with Gasteiger partial charge >= 0.3 is 18.1 Å². The van der Waals surface area contributed by atoms with Crippen LogP contribution < -0.4 is 10.0 Å². The molecule has 0 aromatic heterocycles. The second-order valence-corrected chi connectivity index (χ2v) is 8.37.